The number of aliphatic imine (C=N–C) groups is 1. The topological polar surface area (TPSA) is 159 Å². The van der Waals surface area contributed by atoms with Crippen LogP contribution in [0.5, 0.6) is 11.5 Å². The minimum Gasteiger partial charge on any atom is -0.504 e. The lowest BCUT2D eigenvalue weighted by molar-refractivity contribution is -0.173. The van der Waals surface area contributed by atoms with Crippen molar-refractivity contribution in [3.8, 4) is 23.3 Å². The first-order valence-electron chi connectivity index (χ1n) is 35.7. The number of fused-ring (bicyclic) bond motifs is 4. The number of esters is 1. The SMILES string of the molecule is CNC1CC#CC2CCC3(C2)C2(CCC1C2)CCC31CC2CCC1CSSC1(CCCC13CCCC3)NC(N)=NCC1CCC(c3ccccc3)C13CC(=O)N(Cc1cc(c4c(c1O)OC15C=CC4CC1CCC5)CCC1(OC(C)=O)CCC2C(O)C1)C3. The predicted molar refractivity (Wildman–Crippen MR) is 350 cm³/mol. The number of amides is 1. The van der Waals surface area contributed by atoms with Crippen LogP contribution in [0, 0.1) is 80.3 Å². The summed E-state index contributed by atoms with van der Waals surface area (Å²) < 4.78 is 14.0. The monoisotopic (exact) mass is 1230 g/mol. The van der Waals surface area contributed by atoms with E-state index in [9.17, 15) is 15.0 Å². The number of hydrogen-bond acceptors (Lipinski definition) is 12. The molecule has 19 rings (SSSR count). The smallest absolute Gasteiger partial charge is 0.303 e. The van der Waals surface area contributed by atoms with Gasteiger partial charge in [-0.2, -0.15) is 0 Å². The zero-order valence-corrected chi connectivity index (χ0v) is 54.7. The molecule has 11 aliphatic carbocycles. The molecule has 0 radical (unpaired) electrons. The number of allylic oxidation sites excluding steroid dienone is 1. The Bertz CT molecular complexity index is 3190. The number of aryl methyl sites for hydroxylation is 1. The normalized spacial score (nSPS) is 44.7. The third-order valence-corrected chi connectivity index (χ3v) is 32.3. The van der Waals surface area contributed by atoms with Crippen LogP contribution in [0.2, 0.25) is 0 Å². The van der Waals surface area contributed by atoms with Crippen LogP contribution < -0.4 is 21.1 Å². The summed E-state index contributed by atoms with van der Waals surface area (Å²) in [5, 5.41) is 33.9. The molecule has 14 bridgehead atoms. The lowest BCUT2D eigenvalue weighted by Gasteiger charge is -2.60. The Balaban J connectivity index is 0.801. The maximum Gasteiger partial charge on any atom is 0.303 e. The number of guanidine groups is 1. The van der Waals surface area contributed by atoms with E-state index in [1.807, 2.05) is 4.90 Å². The highest BCUT2D eigenvalue weighted by molar-refractivity contribution is 8.77. The van der Waals surface area contributed by atoms with Crippen molar-refractivity contribution < 1.29 is 29.3 Å². The summed E-state index contributed by atoms with van der Waals surface area (Å²) >= 11 is 0. The van der Waals surface area contributed by atoms with Crippen molar-refractivity contribution in [2.24, 2.45) is 79.2 Å². The van der Waals surface area contributed by atoms with Crippen molar-refractivity contribution in [3.63, 3.8) is 0 Å². The van der Waals surface area contributed by atoms with Gasteiger partial charge in [0.15, 0.2) is 17.5 Å². The molecule has 18 unspecified atom stereocenters. The number of phenolic OH excluding ortho intramolecular Hbond substituents is 1. The van der Waals surface area contributed by atoms with Gasteiger partial charge < -0.3 is 41.0 Å². The molecule has 0 aromatic heterocycles. The summed E-state index contributed by atoms with van der Waals surface area (Å²) in [6.07, 6.45) is 37.1. The number of aromatic hydroxyl groups is 1. The lowest BCUT2D eigenvalue weighted by Crippen LogP contribution is -2.56. The van der Waals surface area contributed by atoms with Gasteiger partial charge in [-0.1, -0.05) is 76.8 Å². The number of carbonyl (C=O) groups is 2. The van der Waals surface area contributed by atoms with Gasteiger partial charge >= 0.3 is 5.97 Å². The fraction of sp³-hybridized carbons (Fsp3) is 0.747. The second-order valence-corrected chi connectivity index (χ2v) is 34.9. The van der Waals surface area contributed by atoms with Crippen LogP contribution in [0.25, 0.3) is 0 Å². The molecule has 17 aliphatic rings. The molecule has 6 heterocycles. The van der Waals surface area contributed by atoms with Crippen LogP contribution in [0.4, 0.5) is 0 Å². The second kappa shape index (κ2) is 22.2. The van der Waals surface area contributed by atoms with Crippen molar-refractivity contribution in [2.75, 3.05) is 25.9 Å². The molecule has 2 aromatic carbocycles. The third-order valence-electron chi connectivity index (χ3n) is 29.0. The van der Waals surface area contributed by atoms with Crippen LogP contribution >= 0.6 is 21.6 Å². The summed E-state index contributed by atoms with van der Waals surface area (Å²) in [5.41, 5.74) is 10.8. The third kappa shape index (κ3) is 9.16. The minimum absolute atomic E-state index is 0.0784. The zero-order chi connectivity index (χ0) is 59.9. The van der Waals surface area contributed by atoms with Gasteiger partial charge in [-0.05, 0) is 249 Å². The van der Waals surface area contributed by atoms with Gasteiger partial charge in [0, 0.05) is 97.3 Å². The zero-order valence-electron chi connectivity index (χ0n) is 53.0. The average molecular weight is 1230 g/mol. The van der Waals surface area contributed by atoms with Gasteiger partial charge in [0.05, 0.1) is 6.10 Å². The van der Waals surface area contributed by atoms with E-state index in [0.717, 1.165) is 93.1 Å². The average Bonchev–Trinajstić information content (AvgIpc) is 1.51. The predicted octanol–water partition coefficient (Wildman–Crippen LogP) is 14.2. The van der Waals surface area contributed by atoms with Crippen LogP contribution in [0.3, 0.4) is 0 Å². The standard InChI is InChI=1S/C75H101N5O6S2/c1-48(81)85-70-31-22-51-37-55(65(84)66-64(51)52-23-33-73(86-66)28-9-14-56(73)38-52)45-80-47-71(43-63(80)83)57(18-19-60(71)50-12-4-3-5-13-50)44-78-67(76)79-75(29-10-27-68(75)25-6-7-26-68)88-87-46-58-17-16-53(59(24-32-70)62(82)42-70)41-72(58)36-35-69-30-21-54(40-69)61(77-2)15-8-11-49-20-34-74(69,72)39-49/h3-5,12-13,23,33,37,49,52-54,56-62,77,82,84H,6-7,9-10,14-22,24-32,34-36,38-47H2,1-2H3,(H3,76,78,79). The number of aliphatic hydroxyl groups excluding tert-OH is 1. The molecule has 18 atom stereocenters. The highest BCUT2D eigenvalue weighted by atomic mass is 33.1. The molecule has 1 amide bonds. The molecule has 88 heavy (non-hydrogen) atoms. The van der Waals surface area contributed by atoms with E-state index < -0.39 is 17.3 Å². The summed E-state index contributed by atoms with van der Waals surface area (Å²) in [6.45, 7) is 2.98. The first-order chi connectivity index (χ1) is 42.7. The Morgan fingerprint density at radius 3 is 2.55 bits per heavy atom. The van der Waals surface area contributed by atoms with Gasteiger partial charge in [-0.15, -0.1) is 5.92 Å². The van der Waals surface area contributed by atoms with Gasteiger partial charge in [0.1, 0.15) is 16.1 Å². The Morgan fingerprint density at radius 1 is 0.852 bits per heavy atom. The van der Waals surface area contributed by atoms with E-state index in [1.54, 1.807) is 6.92 Å². The Kier molecular flexibility index (Phi) is 14.9. The first-order valence-corrected chi connectivity index (χ1v) is 38.0. The maximum absolute atomic E-state index is 15.1. The molecule has 13 heteroatoms. The first kappa shape index (κ1) is 59.2. The molecular weight excluding hydrogens is 1130 g/mol. The van der Waals surface area contributed by atoms with Crippen molar-refractivity contribution in [1.82, 2.24) is 15.5 Å². The summed E-state index contributed by atoms with van der Waals surface area (Å²) in [6, 6.07) is 13.6. The van der Waals surface area contributed by atoms with Crippen LogP contribution in [0.15, 0.2) is 53.5 Å². The van der Waals surface area contributed by atoms with Gasteiger partial charge in [-0.3, -0.25) is 14.6 Å². The number of rotatable bonds is 3. The molecule has 6 N–H and O–H groups in total. The van der Waals surface area contributed by atoms with Gasteiger partial charge in [0.2, 0.25) is 5.91 Å². The number of nitrogens with zero attached hydrogens (tertiary/aromatic N) is 2. The number of nitrogens with one attached hydrogen (secondary N) is 2. The number of benzene rings is 2. The van der Waals surface area contributed by atoms with Gasteiger partial charge in [0.25, 0.3) is 0 Å². The van der Waals surface area contributed by atoms with E-state index in [1.165, 1.54) is 108 Å². The van der Waals surface area contributed by atoms with Crippen molar-refractivity contribution >= 4 is 39.4 Å². The Labute approximate surface area is 533 Å². The van der Waals surface area contributed by atoms with Crippen LogP contribution in [-0.4, -0.2) is 87.1 Å². The van der Waals surface area contributed by atoms with Crippen LogP contribution in [-0.2, 0) is 27.3 Å². The molecule has 11 nitrogen and oxygen atoms in total. The Hall–Kier alpha value is -3.83. The molecule has 1 saturated heterocycles. The quantitative estimate of drug-likeness (QED) is 0.0862. The van der Waals surface area contributed by atoms with E-state index in [0.29, 0.717) is 91.5 Å². The fourth-order valence-electron chi connectivity index (χ4n) is 25.1. The number of aliphatic hydroxyl groups is 1. The van der Waals surface area contributed by atoms with Gasteiger partial charge in [-0.25, -0.2) is 0 Å². The molecule has 474 valence electrons. The molecule has 10 fully saturated rings. The number of nitrogens with two attached hydrogens (primary N) is 1. The molecule has 9 saturated carbocycles. The number of carbonyl (C=O) groups excluding carboxylic acids is 2. The summed E-state index contributed by atoms with van der Waals surface area (Å²) in [7, 11) is 6.51. The molecule has 2 aromatic rings. The highest BCUT2D eigenvalue weighted by Gasteiger charge is 2.73. The van der Waals surface area contributed by atoms with E-state index in [-0.39, 0.29) is 74.4 Å². The number of phenols is 1. The lowest BCUT2D eigenvalue weighted by atomic mass is 9.45. The summed E-state index contributed by atoms with van der Waals surface area (Å²) in [5.74, 6) is 13.0. The van der Waals surface area contributed by atoms with Crippen molar-refractivity contribution in [2.45, 2.75) is 253 Å². The Morgan fingerprint density at radius 2 is 1.70 bits per heavy atom. The molecule has 7 spiro atoms. The molecular formula is C75H101N5O6S2. The number of hydrogen-bond donors (Lipinski definition) is 5. The van der Waals surface area contributed by atoms with Crippen LogP contribution in [0.1, 0.15) is 234 Å². The summed E-state index contributed by atoms with van der Waals surface area (Å²) in [4.78, 5) is 36.0. The van der Waals surface area contributed by atoms with E-state index in [2.05, 4.69) is 99.7 Å². The maximum atomic E-state index is 15.1. The fourth-order valence-corrected chi connectivity index (χ4v) is 29.1. The van der Waals surface area contributed by atoms with Crippen molar-refractivity contribution in [3.05, 3.63) is 70.8 Å². The second-order valence-electron chi connectivity index (χ2n) is 32.3. The molecule has 6 aliphatic heterocycles. The van der Waals surface area contributed by atoms with E-state index >= 15 is 4.79 Å². The largest absolute Gasteiger partial charge is 0.504 e. The minimum atomic E-state index is -0.838. The van der Waals surface area contributed by atoms with E-state index in [4.69, 9.17) is 20.2 Å². The highest BCUT2D eigenvalue weighted by Crippen LogP contribution is 2.81. The van der Waals surface area contributed by atoms with Crippen molar-refractivity contribution in [1.29, 1.82) is 0 Å². The number of ether oxygens (including phenoxy) is 2.